The quantitative estimate of drug-likeness (QED) is 0.0865. The second-order valence-electron chi connectivity index (χ2n) is 10.3. The molecule has 0 aromatic heterocycles. The second kappa shape index (κ2) is 15.3. The minimum absolute atomic E-state index is 0.318. The zero-order valence-corrected chi connectivity index (χ0v) is 24.7. The number of carbonyl (C=O) groups excluding carboxylic acids is 3. The number of hydrogen-bond acceptors (Lipinski definition) is 6. The van der Waals surface area contributed by atoms with E-state index in [0.717, 1.165) is 46.2 Å². The number of aryl methyl sites for hydroxylation is 2. The molecule has 0 aliphatic carbocycles. The normalized spacial score (nSPS) is 10.5. The van der Waals surface area contributed by atoms with Crippen molar-refractivity contribution in [2.75, 3.05) is 13.2 Å². The number of ether oxygens (including phenoxy) is 3. The van der Waals surface area contributed by atoms with Crippen molar-refractivity contribution >= 4 is 17.9 Å². The standard InChI is InChI=1S/C36H38O6/c1-24(2)34(37)40-19-7-9-27-11-15-29(16-12-27)31-21-32(23-33(22-31)42-36(39)26(5)6)30-17-13-28(14-18-30)10-8-20-41-35(38)25(3)4/h11-18,21-23H,1,3,5,7-10,19-20H2,2,4,6H3. The van der Waals surface area contributed by atoms with Gasteiger partial charge in [0.15, 0.2) is 0 Å². The molecular weight excluding hydrogens is 528 g/mol. The van der Waals surface area contributed by atoms with Crippen molar-refractivity contribution in [2.45, 2.75) is 46.5 Å². The van der Waals surface area contributed by atoms with Crippen LogP contribution in [0.25, 0.3) is 22.3 Å². The van der Waals surface area contributed by atoms with Gasteiger partial charge < -0.3 is 14.2 Å². The lowest BCUT2D eigenvalue weighted by Crippen LogP contribution is -2.08. The zero-order chi connectivity index (χ0) is 30.6. The first-order valence-electron chi connectivity index (χ1n) is 13.9. The van der Waals surface area contributed by atoms with Crippen LogP contribution in [0.5, 0.6) is 5.75 Å². The molecule has 42 heavy (non-hydrogen) atoms. The van der Waals surface area contributed by atoms with E-state index < -0.39 is 5.97 Å². The minimum Gasteiger partial charge on any atom is -0.462 e. The summed E-state index contributed by atoms with van der Waals surface area (Å²) in [5, 5.41) is 0. The third-order valence-electron chi connectivity index (χ3n) is 6.42. The van der Waals surface area contributed by atoms with E-state index in [1.165, 1.54) is 0 Å². The van der Waals surface area contributed by atoms with Crippen molar-refractivity contribution in [1.29, 1.82) is 0 Å². The molecule has 0 aliphatic heterocycles. The summed E-state index contributed by atoms with van der Waals surface area (Å²) in [6.45, 7) is 16.4. The highest BCUT2D eigenvalue weighted by molar-refractivity contribution is 5.89. The molecule has 6 heteroatoms. The van der Waals surface area contributed by atoms with Crippen molar-refractivity contribution in [2.24, 2.45) is 0 Å². The summed E-state index contributed by atoms with van der Waals surface area (Å²) in [5.41, 5.74) is 7.11. The van der Waals surface area contributed by atoms with E-state index in [-0.39, 0.29) is 11.9 Å². The maximum absolute atomic E-state index is 12.3. The summed E-state index contributed by atoms with van der Waals surface area (Å²) in [6, 6.07) is 22.1. The monoisotopic (exact) mass is 566 g/mol. The van der Waals surface area contributed by atoms with Crippen molar-refractivity contribution in [3.63, 3.8) is 0 Å². The summed E-state index contributed by atoms with van der Waals surface area (Å²) >= 11 is 0. The highest BCUT2D eigenvalue weighted by atomic mass is 16.5. The Hall–Kier alpha value is -4.71. The summed E-state index contributed by atoms with van der Waals surface area (Å²) in [4.78, 5) is 35.4. The SMILES string of the molecule is C=C(C)C(=O)OCCCc1ccc(-c2cc(OC(=O)C(=C)C)cc(-c3ccc(CCCOC(=O)C(=C)C)cc3)c2)cc1. The number of hydrogen-bond donors (Lipinski definition) is 0. The number of esters is 3. The Morgan fingerprint density at radius 1 is 0.548 bits per heavy atom. The third-order valence-corrected chi connectivity index (χ3v) is 6.42. The molecule has 0 bridgehead atoms. The Balaban J connectivity index is 1.75. The van der Waals surface area contributed by atoms with Crippen molar-refractivity contribution < 1.29 is 28.6 Å². The topological polar surface area (TPSA) is 78.9 Å². The fraction of sp³-hybridized carbons (Fsp3) is 0.250. The Morgan fingerprint density at radius 2 is 0.929 bits per heavy atom. The number of rotatable bonds is 14. The second-order valence-corrected chi connectivity index (χ2v) is 10.3. The molecule has 0 spiro atoms. The fourth-order valence-electron chi connectivity index (χ4n) is 4.04. The van der Waals surface area contributed by atoms with Crippen molar-refractivity contribution in [3.8, 4) is 28.0 Å². The molecule has 3 rings (SSSR count). The van der Waals surface area contributed by atoms with E-state index in [2.05, 4.69) is 25.8 Å². The van der Waals surface area contributed by atoms with Gasteiger partial charge in [-0.15, -0.1) is 0 Å². The molecule has 0 unspecified atom stereocenters. The summed E-state index contributed by atoms with van der Waals surface area (Å²) in [7, 11) is 0. The maximum atomic E-state index is 12.3. The van der Waals surface area contributed by atoms with E-state index in [0.29, 0.717) is 48.5 Å². The van der Waals surface area contributed by atoms with Gasteiger partial charge in [0.2, 0.25) is 0 Å². The highest BCUT2D eigenvalue weighted by Crippen LogP contribution is 2.32. The highest BCUT2D eigenvalue weighted by Gasteiger charge is 2.11. The Bertz CT molecular complexity index is 1370. The van der Waals surface area contributed by atoms with Gasteiger partial charge in [0.1, 0.15) is 5.75 Å². The van der Waals surface area contributed by atoms with Gasteiger partial charge in [-0.3, -0.25) is 0 Å². The molecule has 6 nitrogen and oxygen atoms in total. The lowest BCUT2D eigenvalue weighted by Gasteiger charge is -2.12. The van der Waals surface area contributed by atoms with Crippen LogP contribution in [0.4, 0.5) is 0 Å². The lowest BCUT2D eigenvalue weighted by atomic mass is 9.96. The first kappa shape index (κ1) is 31.8. The maximum Gasteiger partial charge on any atom is 0.338 e. The van der Waals surface area contributed by atoms with Gasteiger partial charge in [0.25, 0.3) is 0 Å². The molecular formula is C36H38O6. The van der Waals surface area contributed by atoms with Crippen molar-refractivity contribution in [1.82, 2.24) is 0 Å². The van der Waals surface area contributed by atoms with Gasteiger partial charge in [-0.05, 0) is 98.0 Å². The lowest BCUT2D eigenvalue weighted by molar-refractivity contribution is -0.139. The van der Waals surface area contributed by atoms with Crippen LogP contribution in [0.15, 0.2) is 103 Å². The molecule has 0 atom stereocenters. The Labute approximate surface area is 248 Å². The van der Waals surface area contributed by atoms with Crippen LogP contribution in [0.3, 0.4) is 0 Å². The predicted octanol–water partition coefficient (Wildman–Crippen LogP) is 7.61. The largest absolute Gasteiger partial charge is 0.462 e. The molecule has 0 heterocycles. The minimum atomic E-state index is -0.483. The van der Waals surface area contributed by atoms with Gasteiger partial charge in [0, 0.05) is 16.7 Å². The molecule has 0 fully saturated rings. The van der Waals surface area contributed by atoms with E-state index in [1.807, 2.05) is 60.7 Å². The molecule has 3 aromatic carbocycles. The summed E-state index contributed by atoms with van der Waals surface area (Å²) < 4.78 is 16.0. The third kappa shape index (κ3) is 9.73. The Morgan fingerprint density at radius 3 is 1.29 bits per heavy atom. The van der Waals surface area contributed by atoms with E-state index in [4.69, 9.17) is 14.2 Å². The van der Waals surface area contributed by atoms with Gasteiger partial charge in [-0.25, -0.2) is 14.4 Å². The van der Waals surface area contributed by atoms with Crippen LogP contribution in [0.1, 0.15) is 44.7 Å². The molecule has 218 valence electrons. The average Bonchev–Trinajstić information content (AvgIpc) is 2.97. The van der Waals surface area contributed by atoms with Crippen LogP contribution < -0.4 is 4.74 Å². The number of benzene rings is 3. The summed E-state index contributed by atoms with van der Waals surface area (Å²) in [6.07, 6.45) is 2.97. The first-order valence-corrected chi connectivity index (χ1v) is 13.9. The smallest absolute Gasteiger partial charge is 0.338 e. The van der Waals surface area contributed by atoms with E-state index in [1.54, 1.807) is 20.8 Å². The molecule has 0 amide bonds. The predicted molar refractivity (Wildman–Crippen MR) is 166 cm³/mol. The Kier molecular flexibility index (Phi) is 11.6. The first-order chi connectivity index (χ1) is 20.0. The van der Waals surface area contributed by atoms with Crippen LogP contribution in [-0.2, 0) is 36.7 Å². The fourth-order valence-corrected chi connectivity index (χ4v) is 4.04. The number of carbonyl (C=O) groups is 3. The van der Waals surface area contributed by atoms with Crippen LogP contribution in [0, 0.1) is 0 Å². The summed E-state index contributed by atoms with van der Waals surface area (Å²) in [5.74, 6) is -0.792. The van der Waals surface area contributed by atoms with E-state index >= 15 is 0 Å². The van der Waals surface area contributed by atoms with E-state index in [9.17, 15) is 14.4 Å². The van der Waals surface area contributed by atoms with Gasteiger partial charge in [-0.2, -0.15) is 0 Å². The molecule has 0 radical (unpaired) electrons. The molecule has 0 aliphatic rings. The van der Waals surface area contributed by atoms with Gasteiger partial charge in [0.05, 0.1) is 13.2 Å². The average molecular weight is 567 g/mol. The van der Waals surface area contributed by atoms with Crippen molar-refractivity contribution in [3.05, 3.63) is 114 Å². The van der Waals surface area contributed by atoms with Gasteiger partial charge in [-0.1, -0.05) is 68.3 Å². The zero-order valence-electron chi connectivity index (χ0n) is 24.7. The molecule has 0 N–H and O–H groups in total. The molecule has 0 saturated heterocycles. The van der Waals surface area contributed by atoms with Crippen LogP contribution in [-0.4, -0.2) is 31.1 Å². The van der Waals surface area contributed by atoms with Gasteiger partial charge >= 0.3 is 17.9 Å². The molecule has 0 saturated carbocycles. The molecule has 3 aromatic rings. The van der Waals surface area contributed by atoms with Crippen LogP contribution >= 0.6 is 0 Å². The van der Waals surface area contributed by atoms with Crippen LogP contribution in [0.2, 0.25) is 0 Å².